The Morgan fingerprint density at radius 1 is 1.16 bits per heavy atom. The number of fused-ring (bicyclic) bond motifs is 1. The molecule has 1 atom stereocenters. The van der Waals surface area contributed by atoms with E-state index in [2.05, 4.69) is 6.92 Å². The van der Waals surface area contributed by atoms with Gasteiger partial charge in [0.15, 0.2) is 0 Å². The second kappa shape index (κ2) is 6.60. The predicted octanol–water partition coefficient (Wildman–Crippen LogP) is 4.23. The molecule has 0 amide bonds. The summed E-state index contributed by atoms with van der Waals surface area (Å²) in [6.45, 7) is 2.22. The molecule has 1 aromatic carbocycles. The third-order valence-corrected chi connectivity index (χ3v) is 3.71. The number of carbonyl (C=O) groups is 1. The van der Waals surface area contributed by atoms with E-state index in [4.69, 9.17) is 10.5 Å². The van der Waals surface area contributed by atoms with Crippen LogP contribution in [0.5, 0.6) is 0 Å². The average molecular weight is 261 g/mol. The van der Waals surface area contributed by atoms with E-state index < -0.39 is 0 Å². The molecule has 19 heavy (non-hydrogen) atoms. The molecule has 104 valence electrons. The minimum Gasteiger partial charge on any atom is -0.454 e. The first-order valence-corrected chi connectivity index (χ1v) is 7.32. The van der Waals surface area contributed by atoms with Crippen molar-refractivity contribution in [1.82, 2.24) is 0 Å². The molecule has 2 rings (SSSR count). The predicted molar refractivity (Wildman–Crippen MR) is 77.0 cm³/mol. The van der Waals surface area contributed by atoms with Crippen LogP contribution in [-0.4, -0.2) is 5.97 Å². The Balaban J connectivity index is 1.82. The third kappa shape index (κ3) is 3.49. The Morgan fingerprint density at radius 3 is 2.68 bits per heavy atom. The van der Waals surface area contributed by atoms with Crippen molar-refractivity contribution in [1.29, 1.82) is 0 Å². The van der Waals surface area contributed by atoms with Gasteiger partial charge in [0, 0.05) is 11.3 Å². The number of carbonyl (C=O) groups excluding carboxylic acids is 1. The van der Waals surface area contributed by atoms with Crippen LogP contribution in [0.3, 0.4) is 0 Å². The van der Waals surface area contributed by atoms with Crippen molar-refractivity contribution in [3.63, 3.8) is 0 Å². The lowest BCUT2D eigenvalue weighted by atomic mass is 9.99. The van der Waals surface area contributed by atoms with Gasteiger partial charge in [-0.2, -0.15) is 0 Å². The van der Waals surface area contributed by atoms with Crippen LogP contribution in [0.25, 0.3) is 0 Å². The van der Waals surface area contributed by atoms with E-state index >= 15 is 0 Å². The lowest BCUT2D eigenvalue weighted by molar-refractivity contribution is 0.0363. The van der Waals surface area contributed by atoms with Crippen LogP contribution >= 0.6 is 0 Å². The average Bonchev–Trinajstić information content (AvgIpc) is 2.70. The Labute approximate surface area is 115 Å². The maximum atomic E-state index is 11.7. The fraction of sp³-hybridized carbons (Fsp3) is 0.562. The van der Waals surface area contributed by atoms with Crippen molar-refractivity contribution in [2.45, 2.75) is 58.0 Å². The maximum absolute atomic E-state index is 11.7. The summed E-state index contributed by atoms with van der Waals surface area (Å²) < 4.78 is 5.42. The highest BCUT2D eigenvalue weighted by Gasteiger charge is 2.30. The minimum absolute atomic E-state index is 0.0609. The van der Waals surface area contributed by atoms with Gasteiger partial charge in [-0.05, 0) is 25.0 Å². The summed E-state index contributed by atoms with van der Waals surface area (Å²) in [5.74, 6) is -0.224. The van der Waals surface area contributed by atoms with Crippen LogP contribution < -0.4 is 5.73 Å². The monoisotopic (exact) mass is 261 g/mol. The molecule has 0 aromatic heterocycles. The maximum Gasteiger partial charge on any atom is 0.339 e. The van der Waals surface area contributed by atoms with Gasteiger partial charge in [0.1, 0.15) is 6.10 Å². The van der Waals surface area contributed by atoms with Crippen LogP contribution in [-0.2, 0) is 4.74 Å². The van der Waals surface area contributed by atoms with E-state index in [0.717, 1.165) is 18.4 Å². The van der Waals surface area contributed by atoms with Gasteiger partial charge < -0.3 is 10.5 Å². The van der Waals surface area contributed by atoms with Crippen molar-refractivity contribution in [2.24, 2.45) is 0 Å². The highest BCUT2D eigenvalue weighted by atomic mass is 16.5. The molecule has 2 N–H and O–H groups in total. The molecular formula is C16H23NO2. The lowest BCUT2D eigenvalue weighted by Gasteiger charge is -2.10. The molecule has 0 saturated carbocycles. The molecule has 1 aliphatic heterocycles. The molecular weight excluding hydrogens is 238 g/mol. The van der Waals surface area contributed by atoms with E-state index in [0.29, 0.717) is 11.3 Å². The fourth-order valence-electron chi connectivity index (χ4n) is 2.61. The van der Waals surface area contributed by atoms with Crippen LogP contribution in [0, 0.1) is 0 Å². The summed E-state index contributed by atoms with van der Waals surface area (Å²) in [6.07, 6.45) is 8.39. The molecule has 3 nitrogen and oxygen atoms in total. The normalized spacial score (nSPS) is 17.3. The number of nitrogen functional groups attached to an aromatic ring is 1. The summed E-state index contributed by atoms with van der Waals surface area (Å²) in [5.41, 5.74) is 7.98. The van der Waals surface area contributed by atoms with E-state index in [1.807, 2.05) is 12.1 Å². The standard InChI is InChI=1S/C16H23NO2/c1-2-3-4-5-6-7-8-15-13-10-9-12(17)11-14(13)16(18)19-15/h9-11,15H,2-8,17H2,1H3. The fourth-order valence-corrected chi connectivity index (χ4v) is 2.61. The van der Waals surface area contributed by atoms with Gasteiger partial charge in [-0.1, -0.05) is 45.1 Å². The SMILES string of the molecule is CCCCCCCCC1OC(=O)c2cc(N)ccc21. The van der Waals surface area contributed by atoms with Gasteiger partial charge in [-0.15, -0.1) is 0 Å². The Bertz CT molecular complexity index is 442. The summed E-state index contributed by atoms with van der Waals surface area (Å²) >= 11 is 0. The minimum atomic E-state index is -0.224. The number of benzene rings is 1. The van der Waals surface area contributed by atoms with E-state index in [9.17, 15) is 4.79 Å². The Morgan fingerprint density at radius 2 is 1.89 bits per heavy atom. The van der Waals surface area contributed by atoms with E-state index in [1.54, 1.807) is 6.07 Å². The zero-order valence-electron chi connectivity index (χ0n) is 11.7. The van der Waals surface area contributed by atoms with Crippen LogP contribution in [0.1, 0.15) is 73.9 Å². The Kier molecular flexibility index (Phi) is 4.83. The number of anilines is 1. The van der Waals surface area contributed by atoms with Gasteiger partial charge in [-0.3, -0.25) is 0 Å². The van der Waals surface area contributed by atoms with Crippen LogP contribution in [0.4, 0.5) is 5.69 Å². The molecule has 3 heteroatoms. The van der Waals surface area contributed by atoms with Gasteiger partial charge in [0.25, 0.3) is 0 Å². The molecule has 0 radical (unpaired) electrons. The quantitative estimate of drug-likeness (QED) is 0.454. The molecule has 0 aliphatic carbocycles. The first-order valence-electron chi connectivity index (χ1n) is 7.32. The summed E-state index contributed by atoms with van der Waals surface area (Å²) in [5, 5.41) is 0. The number of hydrogen-bond donors (Lipinski definition) is 1. The molecule has 1 unspecified atom stereocenters. The lowest BCUT2D eigenvalue weighted by Crippen LogP contribution is -1.98. The summed E-state index contributed by atoms with van der Waals surface area (Å²) in [6, 6.07) is 5.49. The van der Waals surface area contributed by atoms with Gasteiger partial charge >= 0.3 is 5.97 Å². The van der Waals surface area contributed by atoms with Crippen molar-refractivity contribution in [3.8, 4) is 0 Å². The zero-order chi connectivity index (χ0) is 13.7. The molecule has 1 aliphatic rings. The molecule has 0 bridgehead atoms. The number of ether oxygens (including phenoxy) is 1. The number of cyclic esters (lactones) is 1. The smallest absolute Gasteiger partial charge is 0.339 e. The highest BCUT2D eigenvalue weighted by Crippen LogP contribution is 2.35. The summed E-state index contributed by atoms with van der Waals surface area (Å²) in [7, 11) is 0. The molecule has 0 fully saturated rings. The first kappa shape index (κ1) is 13.9. The van der Waals surface area contributed by atoms with E-state index in [-0.39, 0.29) is 12.1 Å². The van der Waals surface area contributed by atoms with Gasteiger partial charge in [0.05, 0.1) is 5.56 Å². The highest BCUT2D eigenvalue weighted by molar-refractivity contribution is 5.95. The van der Waals surface area contributed by atoms with Crippen LogP contribution in [0.2, 0.25) is 0 Å². The van der Waals surface area contributed by atoms with Gasteiger partial charge in [0.2, 0.25) is 0 Å². The van der Waals surface area contributed by atoms with Crippen molar-refractivity contribution in [2.75, 3.05) is 5.73 Å². The second-order valence-electron chi connectivity index (χ2n) is 5.30. The van der Waals surface area contributed by atoms with E-state index in [1.165, 1.54) is 32.1 Å². The number of unbranched alkanes of at least 4 members (excludes halogenated alkanes) is 5. The summed E-state index contributed by atoms with van der Waals surface area (Å²) in [4.78, 5) is 11.7. The molecule has 1 aromatic rings. The van der Waals surface area contributed by atoms with Gasteiger partial charge in [-0.25, -0.2) is 4.79 Å². The second-order valence-corrected chi connectivity index (χ2v) is 5.30. The largest absolute Gasteiger partial charge is 0.454 e. The Hall–Kier alpha value is -1.51. The van der Waals surface area contributed by atoms with Crippen LogP contribution in [0.15, 0.2) is 18.2 Å². The first-order chi connectivity index (χ1) is 9.22. The molecule has 1 heterocycles. The van der Waals surface area contributed by atoms with Crippen molar-refractivity contribution in [3.05, 3.63) is 29.3 Å². The van der Waals surface area contributed by atoms with Crippen molar-refractivity contribution >= 4 is 11.7 Å². The topological polar surface area (TPSA) is 52.3 Å². The zero-order valence-corrected chi connectivity index (χ0v) is 11.7. The number of rotatable bonds is 7. The molecule has 0 spiro atoms. The number of nitrogens with two attached hydrogens (primary N) is 1. The molecule has 0 saturated heterocycles. The number of hydrogen-bond acceptors (Lipinski definition) is 3. The third-order valence-electron chi connectivity index (χ3n) is 3.71. The number of esters is 1. The van der Waals surface area contributed by atoms with Crippen molar-refractivity contribution < 1.29 is 9.53 Å².